The number of halogens is 3. The molecule has 4 atom stereocenters. The summed E-state index contributed by atoms with van der Waals surface area (Å²) in [5, 5.41) is 12.9. The fourth-order valence-electron chi connectivity index (χ4n) is 4.57. The molecule has 0 saturated heterocycles. The highest BCUT2D eigenvalue weighted by Crippen LogP contribution is 2.38. The van der Waals surface area contributed by atoms with E-state index in [2.05, 4.69) is 21.9 Å². The van der Waals surface area contributed by atoms with Gasteiger partial charge in [0.2, 0.25) is 0 Å². The summed E-state index contributed by atoms with van der Waals surface area (Å²) in [6.45, 7) is 5.38. The number of aliphatic hydroxyl groups excluding tert-OH is 1. The third kappa shape index (κ3) is 4.82. The van der Waals surface area contributed by atoms with Gasteiger partial charge in [0.1, 0.15) is 28.8 Å². The number of carbonyl (C=O) groups is 1. The highest BCUT2D eigenvalue weighted by molar-refractivity contribution is 6.03. The van der Waals surface area contributed by atoms with Crippen molar-refractivity contribution in [3.8, 4) is 11.3 Å². The van der Waals surface area contributed by atoms with Crippen molar-refractivity contribution in [1.29, 1.82) is 0 Å². The Morgan fingerprint density at radius 3 is 2.63 bits per heavy atom. The average Bonchev–Trinajstić information content (AvgIpc) is 2.83. The van der Waals surface area contributed by atoms with Gasteiger partial charge in [-0.25, -0.2) is 18.2 Å². The van der Waals surface area contributed by atoms with Crippen molar-refractivity contribution in [1.82, 2.24) is 9.97 Å². The Kier molecular flexibility index (Phi) is 7.00. The molecule has 1 saturated carbocycles. The Morgan fingerprint density at radius 2 is 1.91 bits per heavy atom. The van der Waals surface area contributed by atoms with Gasteiger partial charge in [0.15, 0.2) is 0 Å². The number of anilines is 1. The maximum atomic E-state index is 14.8. The Hall–Kier alpha value is -3.56. The number of amides is 1. The Bertz CT molecular complexity index is 1270. The van der Waals surface area contributed by atoms with Crippen LogP contribution in [0.4, 0.5) is 18.9 Å². The van der Waals surface area contributed by atoms with Crippen LogP contribution in [0.2, 0.25) is 0 Å². The fourth-order valence-corrected chi connectivity index (χ4v) is 4.57. The van der Waals surface area contributed by atoms with Crippen molar-refractivity contribution in [2.75, 3.05) is 5.32 Å². The summed E-state index contributed by atoms with van der Waals surface area (Å²) >= 11 is 0. The molecule has 1 aromatic carbocycles. The van der Waals surface area contributed by atoms with E-state index in [-0.39, 0.29) is 23.1 Å². The zero-order valence-corrected chi connectivity index (χ0v) is 19.0. The highest BCUT2D eigenvalue weighted by Gasteiger charge is 2.34. The average molecular weight is 483 g/mol. The molecule has 1 aliphatic rings. The molecule has 0 unspecified atom stereocenters. The molecule has 1 aliphatic carbocycles. The first-order valence-electron chi connectivity index (χ1n) is 11.2. The van der Waals surface area contributed by atoms with E-state index in [0.717, 1.165) is 23.8 Å². The second kappa shape index (κ2) is 9.97. The van der Waals surface area contributed by atoms with Crippen LogP contribution in [-0.2, 0) is 0 Å². The summed E-state index contributed by atoms with van der Waals surface area (Å²) in [5.41, 5.74) is 5.75. The predicted molar refractivity (Wildman–Crippen MR) is 127 cm³/mol. The Morgan fingerprint density at radius 1 is 1.17 bits per heavy atom. The molecule has 2 heterocycles. The van der Waals surface area contributed by atoms with E-state index in [0.29, 0.717) is 18.5 Å². The minimum absolute atomic E-state index is 0.0247. The summed E-state index contributed by atoms with van der Waals surface area (Å²) < 4.78 is 43.8. The van der Waals surface area contributed by atoms with E-state index in [1.54, 1.807) is 12.3 Å². The first-order valence-corrected chi connectivity index (χ1v) is 11.2. The number of hydrogen-bond donors (Lipinski definition) is 3. The predicted octanol–water partition coefficient (Wildman–Crippen LogP) is 4.66. The van der Waals surface area contributed by atoms with E-state index in [4.69, 9.17) is 5.73 Å². The van der Waals surface area contributed by atoms with Crippen LogP contribution >= 0.6 is 0 Å². The standard InChI is InChI=1S/C26H25F3N4O2/c1-3-14-4-5-17(27)22(23(14)29)24-18(28)6-7-20(32-24)26(35)33-21-12-31-9-8-16(21)15-10-13(2)25(34)19(30)11-15/h3-9,12-13,15,19,25,34H,1,10-11,30H2,2H3,(H,33,35)/t13-,15+,19+,25+/m0/s1. The molecule has 3 aromatic rings. The molecule has 9 heteroatoms. The molecule has 4 rings (SSSR count). The summed E-state index contributed by atoms with van der Waals surface area (Å²) in [6, 6.07) is 5.59. The van der Waals surface area contributed by atoms with Gasteiger partial charge in [-0.2, -0.15) is 0 Å². The van der Waals surface area contributed by atoms with Gasteiger partial charge in [-0.1, -0.05) is 19.6 Å². The number of aromatic nitrogens is 2. The second-order valence-corrected chi connectivity index (χ2v) is 8.77. The van der Waals surface area contributed by atoms with Crippen LogP contribution in [0.5, 0.6) is 0 Å². The number of rotatable bonds is 5. The van der Waals surface area contributed by atoms with Gasteiger partial charge in [0.05, 0.1) is 23.6 Å². The third-order valence-electron chi connectivity index (χ3n) is 6.43. The lowest BCUT2D eigenvalue weighted by Gasteiger charge is -2.36. The van der Waals surface area contributed by atoms with Gasteiger partial charge in [-0.15, -0.1) is 0 Å². The number of aliphatic hydroxyl groups is 1. The van der Waals surface area contributed by atoms with Crippen molar-refractivity contribution in [2.24, 2.45) is 11.7 Å². The van der Waals surface area contributed by atoms with E-state index < -0.39 is 46.8 Å². The molecule has 0 spiro atoms. The lowest BCUT2D eigenvalue weighted by molar-refractivity contribution is 0.0521. The SMILES string of the molecule is C=Cc1ccc(F)c(-c2nc(C(=O)Nc3cnccc3[C@H]3C[C@@H](N)[C@H](O)[C@@H](C)C3)ccc2F)c1F. The monoisotopic (exact) mass is 482 g/mol. The van der Waals surface area contributed by atoms with E-state index >= 15 is 0 Å². The largest absolute Gasteiger partial charge is 0.391 e. The number of hydrogen-bond acceptors (Lipinski definition) is 5. The quantitative estimate of drug-likeness (QED) is 0.491. The minimum Gasteiger partial charge on any atom is -0.391 e. The summed E-state index contributed by atoms with van der Waals surface area (Å²) in [7, 11) is 0. The smallest absolute Gasteiger partial charge is 0.274 e. The number of nitrogens with zero attached hydrogens (tertiary/aromatic N) is 2. The lowest BCUT2D eigenvalue weighted by Crippen LogP contribution is -2.44. The number of benzene rings is 1. The second-order valence-electron chi connectivity index (χ2n) is 8.77. The molecule has 182 valence electrons. The van der Waals surface area contributed by atoms with E-state index in [9.17, 15) is 23.1 Å². The molecule has 1 fully saturated rings. The van der Waals surface area contributed by atoms with Crippen LogP contribution < -0.4 is 11.1 Å². The summed E-state index contributed by atoms with van der Waals surface area (Å²) in [5.74, 6) is -3.78. The maximum Gasteiger partial charge on any atom is 0.274 e. The van der Waals surface area contributed by atoms with Crippen molar-refractivity contribution in [2.45, 2.75) is 37.8 Å². The maximum absolute atomic E-state index is 14.8. The fraction of sp³-hybridized carbons (Fsp3) is 0.269. The van der Waals surface area contributed by atoms with Crippen LogP contribution in [0.1, 0.15) is 47.3 Å². The Labute approximate surface area is 200 Å². The van der Waals surface area contributed by atoms with E-state index in [1.807, 2.05) is 6.92 Å². The van der Waals surface area contributed by atoms with Gasteiger partial charge in [0, 0.05) is 17.8 Å². The van der Waals surface area contributed by atoms with Gasteiger partial charge in [0.25, 0.3) is 5.91 Å². The molecule has 0 aliphatic heterocycles. The lowest BCUT2D eigenvalue weighted by atomic mass is 9.74. The number of carbonyl (C=O) groups excluding carboxylic acids is 1. The molecule has 6 nitrogen and oxygen atoms in total. The molecule has 2 aromatic heterocycles. The zero-order valence-electron chi connectivity index (χ0n) is 19.0. The van der Waals surface area contributed by atoms with Crippen molar-refractivity contribution in [3.63, 3.8) is 0 Å². The number of nitrogens with one attached hydrogen (secondary N) is 1. The van der Waals surface area contributed by atoms with Crippen LogP contribution in [0.15, 0.2) is 49.3 Å². The van der Waals surface area contributed by atoms with Crippen molar-refractivity contribution < 1.29 is 23.1 Å². The number of pyridine rings is 2. The van der Waals surface area contributed by atoms with Crippen molar-refractivity contribution in [3.05, 3.63) is 83.6 Å². The minimum atomic E-state index is -1.02. The normalized spacial score (nSPS) is 22.0. The van der Waals surface area contributed by atoms with Crippen molar-refractivity contribution >= 4 is 17.7 Å². The molecule has 0 bridgehead atoms. The van der Waals surface area contributed by atoms with Gasteiger partial charge in [-0.3, -0.25) is 9.78 Å². The van der Waals surface area contributed by atoms with Gasteiger partial charge in [-0.05, 0) is 60.6 Å². The molecular weight excluding hydrogens is 457 g/mol. The van der Waals surface area contributed by atoms with Crippen LogP contribution in [0.25, 0.3) is 17.3 Å². The summed E-state index contributed by atoms with van der Waals surface area (Å²) in [6.07, 6.45) is 4.83. The topological polar surface area (TPSA) is 101 Å². The van der Waals surface area contributed by atoms with Crippen LogP contribution in [0, 0.1) is 23.4 Å². The van der Waals surface area contributed by atoms with Crippen LogP contribution in [-0.4, -0.2) is 33.1 Å². The molecule has 1 amide bonds. The first kappa shape index (κ1) is 24.6. The third-order valence-corrected chi connectivity index (χ3v) is 6.43. The van der Waals surface area contributed by atoms with Crippen LogP contribution in [0.3, 0.4) is 0 Å². The molecule has 35 heavy (non-hydrogen) atoms. The molecule has 4 N–H and O–H groups in total. The molecular formula is C26H25F3N4O2. The summed E-state index contributed by atoms with van der Waals surface area (Å²) in [4.78, 5) is 21.0. The highest BCUT2D eigenvalue weighted by atomic mass is 19.1. The van der Waals surface area contributed by atoms with Gasteiger partial charge < -0.3 is 16.2 Å². The number of nitrogens with two attached hydrogens (primary N) is 1. The van der Waals surface area contributed by atoms with E-state index in [1.165, 1.54) is 18.3 Å². The van der Waals surface area contributed by atoms with Gasteiger partial charge >= 0.3 is 0 Å². The Balaban J connectivity index is 1.66. The first-order chi connectivity index (χ1) is 16.7. The molecule has 0 radical (unpaired) electrons. The zero-order chi connectivity index (χ0) is 25.3.